The molecule has 2 aromatic rings. The molecule has 5 heteroatoms. The number of hydrogen-bond acceptors (Lipinski definition) is 3. The summed E-state index contributed by atoms with van der Waals surface area (Å²) in [5, 5.41) is 6.74. The molecule has 5 nitrogen and oxygen atoms in total. The highest BCUT2D eigenvalue weighted by molar-refractivity contribution is 6.03. The smallest absolute Gasteiger partial charge is 0.276 e. The Hall–Kier alpha value is -2.43. The highest BCUT2D eigenvalue weighted by Crippen LogP contribution is 2.19. The maximum Gasteiger partial charge on any atom is 0.276 e. The number of nitrogens with one attached hydrogen (secondary N) is 1. The molecule has 1 aromatic heterocycles. The van der Waals surface area contributed by atoms with Crippen LogP contribution in [0, 0.1) is 13.8 Å². The first kappa shape index (κ1) is 13.0. The minimum atomic E-state index is -0.326. The highest BCUT2D eigenvalue weighted by Gasteiger charge is 2.11. The van der Waals surface area contributed by atoms with Gasteiger partial charge >= 0.3 is 0 Å². The molecule has 0 aliphatic rings. The van der Waals surface area contributed by atoms with Crippen LogP contribution in [0.2, 0.25) is 0 Å². The minimum absolute atomic E-state index is 0.213. The van der Waals surface area contributed by atoms with E-state index in [-0.39, 0.29) is 17.2 Å². The van der Waals surface area contributed by atoms with E-state index >= 15 is 0 Å². The molecule has 0 radical (unpaired) electrons. The zero-order chi connectivity index (χ0) is 14.0. The summed E-state index contributed by atoms with van der Waals surface area (Å²) in [6.45, 7) is 3.85. The molecular weight excluding hydrogens is 242 g/mol. The number of amides is 1. The van der Waals surface area contributed by atoms with Crippen molar-refractivity contribution in [2.75, 3.05) is 5.32 Å². The van der Waals surface area contributed by atoms with Crippen molar-refractivity contribution >= 4 is 11.6 Å². The molecule has 0 aliphatic carbocycles. The lowest BCUT2D eigenvalue weighted by Crippen LogP contribution is -2.24. The van der Waals surface area contributed by atoms with E-state index in [0.29, 0.717) is 0 Å². The Labute approximate surface area is 110 Å². The molecule has 1 aromatic carbocycles. The maximum absolute atomic E-state index is 12.1. The van der Waals surface area contributed by atoms with E-state index in [4.69, 9.17) is 0 Å². The van der Waals surface area contributed by atoms with Crippen molar-refractivity contribution in [1.29, 1.82) is 0 Å². The van der Waals surface area contributed by atoms with Crippen LogP contribution in [0.5, 0.6) is 0 Å². The van der Waals surface area contributed by atoms with E-state index in [9.17, 15) is 9.59 Å². The molecule has 0 atom stereocenters. The van der Waals surface area contributed by atoms with Gasteiger partial charge in [-0.25, -0.2) is 4.68 Å². The van der Waals surface area contributed by atoms with E-state index < -0.39 is 0 Å². The van der Waals surface area contributed by atoms with E-state index in [2.05, 4.69) is 10.4 Å². The van der Waals surface area contributed by atoms with Gasteiger partial charge in [-0.2, -0.15) is 5.10 Å². The van der Waals surface area contributed by atoms with Crippen LogP contribution in [0.25, 0.3) is 0 Å². The van der Waals surface area contributed by atoms with Crippen molar-refractivity contribution in [1.82, 2.24) is 9.78 Å². The van der Waals surface area contributed by atoms with Gasteiger partial charge in [0, 0.05) is 18.8 Å². The lowest BCUT2D eigenvalue weighted by molar-refractivity contribution is 0.102. The number of anilines is 1. The lowest BCUT2D eigenvalue weighted by atomic mass is 10.1. The molecule has 1 amide bonds. The summed E-state index contributed by atoms with van der Waals surface area (Å²) in [6.07, 6.45) is 0. The van der Waals surface area contributed by atoms with Gasteiger partial charge in [0.15, 0.2) is 0 Å². The minimum Gasteiger partial charge on any atom is -0.320 e. The monoisotopic (exact) mass is 257 g/mol. The average Bonchev–Trinajstić information content (AvgIpc) is 2.37. The SMILES string of the molecule is Cc1cccc(C)c1NC(=O)c1ccc(=O)n(C)n1. The molecule has 0 bridgehead atoms. The molecule has 0 unspecified atom stereocenters. The second-order valence-corrected chi connectivity index (χ2v) is 4.40. The Balaban J connectivity index is 2.31. The van der Waals surface area contributed by atoms with Crippen molar-refractivity contribution < 1.29 is 4.79 Å². The molecule has 1 N–H and O–H groups in total. The largest absolute Gasteiger partial charge is 0.320 e. The molecule has 19 heavy (non-hydrogen) atoms. The van der Waals surface area contributed by atoms with E-state index in [1.54, 1.807) is 0 Å². The third kappa shape index (κ3) is 2.70. The standard InChI is InChI=1S/C14H15N3O2/c1-9-5-4-6-10(2)13(9)15-14(19)11-7-8-12(18)17(3)16-11/h4-8H,1-3H3,(H,15,19). The van der Waals surface area contributed by atoms with Crippen LogP contribution in [-0.2, 0) is 7.05 Å². The molecule has 0 saturated heterocycles. The molecule has 2 rings (SSSR count). The van der Waals surface area contributed by atoms with Crippen LogP contribution in [0.4, 0.5) is 5.69 Å². The predicted molar refractivity (Wildman–Crippen MR) is 73.3 cm³/mol. The van der Waals surface area contributed by atoms with Gasteiger partial charge in [-0.1, -0.05) is 18.2 Å². The van der Waals surface area contributed by atoms with Gasteiger partial charge in [0.05, 0.1) is 0 Å². The summed E-state index contributed by atoms with van der Waals surface area (Å²) in [4.78, 5) is 23.3. The summed E-state index contributed by atoms with van der Waals surface area (Å²) in [6, 6.07) is 8.54. The normalized spacial score (nSPS) is 10.3. The average molecular weight is 257 g/mol. The molecule has 0 saturated carbocycles. The fourth-order valence-corrected chi connectivity index (χ4v) is 1.81. The van der Waals surface area contributed by atoms with E-state index in [1.165, 1.54) is 19.2 Å². The number of carbonyl (C=O) groups is 1. The fraction of sp³-hybridized carbons (Fsp3) is 0.214. The first-order valence-electron chi connectivity index (χ1n) is 5.91. The van der Waals surface area contributed by atoms with Crippen LogP contribution in [0.1, 0.15) is 21.6 Å². The summed E-state index contributed by atoms with van der Waals surface area (Å²) in [5.41, 5.74) is 2.72. The highest BCUT2D eigenvalue weighted by atomic mass is 16.2. The molecule has 0 spiro atoms. The lowest BCUT2D eigenvalue weighted by Gasteiger charge is -2.11. The van der Waals surface area contributed by atoms with Crippen LogP contribution in [0.3, 0.4) is 0 Å². The Morgan fingerprint density at radius 1 is 1.16 bits per heavy atom. The van der Waals surface area contributed by atoms with Gasteiger partial charge in [0.1, 0.15) is 5.69 Å². The fourth-order valence-electron chi connectivity index (χ4n) is 1.81. The topological polar surface area (TPSA) is 64.0 Å². The van der Waals surface area contributed by atoms with E-state index in [0.717, 1.165) is 21.5 Å². The third-order valence-electron chi connectivity index (χ3n) is 2.91. The van der Waals surface area contributed by atoms with E-state index in [1.807, 2.05) is 32.0 Å². The number of nitrogens with zero attached hydrogens (tertiary/aromatic N) is 2. The quantitative estimate of drug-likeness (QED) is 0.889. The predicted octanol–water partition coefficient (Wildman–Crippen LogP) is 1.65. The number of para-hydroxylation sites is 1. The Kier molecular flexibility index (Phi) is 3.46. The number of hydrogen-bond donors (Lipinski definition) is 1. The van der Waals surface area contributed by atoms with Gasteiger partial charge < -0.3 is 5.32 Å². The van der Waals surface area contributed by atoms with Crippen LogP contribution in [0.15, 0.2) is 35.1 Å². The number of aromatic nitrogens is 2. The summed E-state index contributed by atoms with van der Waals surface area (Å²) >= 11 is 0. The third-order valence-corrected chi connectivity index (χ3v) is 2.91. The zero-order valence-corrected chi connectivity index (χ0v) is 11.1. The van der Waals surface area contributed by atoms with Gasteiger partial charge in [-0.05, 0) is 31.0 Å². The number of benzene rings is 1. The first-order chi connectivity index (χ1) is 8.99. The van der Waals surface area contributed by atoms with Crippen LogP contribution < -0.4 is 10.9 Å². The first-order valence-corrected chi connectivity index (χ1v) is 5.91. The van der Waals surface area contributed by atoms with Crippen LogP contribution >= 0.6 is 0 Å². The number of rotatable bonds is 2. The molecule has 98 valence electrons. The second kappa shape index (κ2) is 5.06. The second-order valence-electron chi connectivity index (χ2n) is 4.40. The molecular formula is C14H15N3O2. The van der Waals surface area contributed by atoms with Crippen molar-refractivity contribution in [2.45, 2.75) is 13.8 Å². The summed E-state index contributed by atoms with van der Waals surface area (Å²) in [7, 11) is 1.51. The zero-order valence-electron chi connectivity index (χ0n) is 11.1. The van der Waals surface area contributed by atoms with Crippen molar-refractivity contribution in [3.05, 3.63) is 57.5 Å². The number of aryl methyl sites for hydroxylation is 3. The number of carbonyl (C=O) groups excluding carboxylic acids is 1. The Morgan fingerprint density at radius 3 is 2.37 bits per heavy atom. The van der Waals surface area contributed by atoms with Gasteiger partial charge in [-0.3, -0.25) is 9.59 Å². The maximum atomic E-state index is 12.1. The van der Waals surface area contributed by atoms with Gasteiger partial charge in [0.2, 0.25) is 0 Å². The van der Waals surface area contributed by atoms with Crippen molar-refractivity contribution in [3.63, 3.8) is 0 Å². The van der Waals surface area contributed by atoms with Gasteiger partial charge in [0.25, 0.3) is 11.5 Å². The molecule has 0 fully saturated rings. The Morgan fingerprint density at radius 2 is 1.79 bits per heavy atom. The summed E-state index contributed by atoms with van der Waals surface area (Å²) in [5.74, 6) is -0.326. The van der Waals surface area contributed by atoms with Gasteiger partial charge in [-0.15, -0.1) is 0 Å². The van der Waals surface area contributed by atoms with Crippen LogP contribution in [-0.4, -0.2) is 15.7 Å². The summed E-state index contributed by atoms with van der Waals surface area (Å²) < 4.78 is 1.14. The molecule has 0 aliphatic heterocycles. The molecule has 1 heterocycles. The van der Waals surface area contributed by atoms with Crippen molar-refractivity contribution in [3.8, 4) is 0 Å². The van der Waals surface area contributed by atoms with Crippen molar-refractivity contribution in [2.24, 2.45) is 7.05 Å². The Bertz CT molecular complexity index is 669.